The smallest absolute Gasteiger partial charge is 0.240 e. The Bertz CT molecular complexity index is 300. The molecule has 0 aromatic heterocycles. The van der Waals surface area contributed by atoms with E-state index < -0.39 is 0 Å². The van der Waals surface area contributed by atoms with Crippen LogP contribution in [0.5, 0.6) is 0 Å². The molecule has 1 unspecified atom stereocenters. The fourth-order valence-electron chi connectivity index (χ4n) is 2.82. The highest BCUT2D eigenvalue weighted by Crippen LogP contribution is 2.19. The molecule has 1 aliphatic heterocycles. The largest absolute Gasteiger partial charge is 0.368 e. The maximum Gasteiger partial charge on any atom is 0.240 e. The lowest BCUT2D eigenvalue weighted by molar-refractivity contribution is -0.136. The van der Waals surface area contributed by atoms with Crippen LogP contribution < -0.4 is 11.1 Å². The van der Waals surface area contributed by atoms with E-state index in [1.54, 1.807) is 4.90 Å². The van der Waals surface area contributed by atoms with Crippen LogP contribution in [0.1, 0.15) is 38.5 Å². The van der Waals surface area contributed by atoms with Gasteiger partial charge in [0.05, 0.1) is 6.54 Å². The average Bonchev–Trinajstić information content (AvgIpc) is 2.96. The quantitative estimate of drug-likeness (QED) is 0.725. The van der Waals surface area contributed by atoms with Crippen LogP contribution >= 0.6 is 0 Å². The van der Waals surface area contributed by atoms with Crippen LogP contribution in [0.15, 0.2) is 0 Å². The Morgan fingerprint density at radius 2 is 1.88 bits per heavy atom. The molecule has 0 aromatic rings. The molecule has 2 amide bonds. The normalized spacial score (nSPS) is 25.4. The standard InChI is InChI=1S/C12H21N3O2/c13-12(17)10-6-3-7-15(10)11(16)8-14-9-4-1-2-5-9/h9-10,14H,1-8H2,(H2,13,17). The van der Waals surface area contributed by atoms with Gasteiger partial charge in [-0.25, -0.2) is 0 Å². The summed E-state index contributed by atoms with van der Waals surface area (Å²) >= 11 is 0. The number of amides is 2. The Balaban J connectivity index is 1.80. The highest BCUT2D eigenvalue weighted by Gasteiger charge is 2.32. The van der Waals surface area contributed by atoms with E-state index in [9.17, 15) is 9.59 Å². The lowest BCUT2D eigenvalue weighted by Gasteiger charge is -2.23. The van der Waals surface area contributed by atoms with Crippen LogP contribution in [0.4, 0.5) is 0 Å². The molecule has 3 N–H and O–H groups in total. The molecule has 0 bridgehead atoms. The van der Waals surface area contributed by atoms with E-state index in [1.165, 1.54) is 12.8 Å². The Kier molecular flexibility index (Phi) is 3.99. The third kappa shape index (κ3) is 2.97. The number of nitrogens with zero attached hydrogens (tertiary/aromatic N) is 1. The second kappa shape index (κ2) is 5.49. The molecule has 1 atom stereocenters. The number of likely N-dealkylation sites (tertiary alicyclic amines) is 1. The van der Waals surface area contributed by atoms with Gasteiger partial charge >= 0.3 is 0 Å². The number of nitrogens with one attached hydrogen (secondary N) is 1. The zero-order valence-corrected chi connectivity index (χ0v) is 10.2. The van der Waals surface area contributed by atoms with Gasteiger partial charge in [-0.05, 0) is 25.7 Å². The minimum absolute atomic E-state index is 0.0122. The van der Waals surface area contributed by atoms with E-state index in [-0.39, 0.29) is 17.9 Å². The Morgan fingerprint density at radius 1 is 1.18 bits per heavy atom. The number of nitrogens with two attached hydrogens (primary N) is 1. The topological polar surface area (TPSA) is 75.4 Å². The van der Waals surface area contributed by atoms with Crippen molar-refractivity contribution < 1.29 is 9.59 Å². The summed E-state index contributed by atoms with van der Waals surface area (Å²) in [5, 5.41) is 3.27. The van der Waals surface area contributed by atoms with Crippen molar-refractivity contribution in [3.63, 3.8) is 0 Å². The molecule has 96 valence electrons. The van der Waals surface area contributed by atoms with Gasteiger partial charge < -0.3 is 16.0 Å². The zero-order chi connectivity index (χ0) is 12.3. The van der Waals surface area contributed by atoms with E-state index in [2.05, 4.69) is 5.32 Å². The highest BCUT2D eigenvalue weighted by atomic mass is 16.2. The fourth-order valence-corrected chi connectivity index (χ4v) is 2.82. The van der Waals surface area contributed by atoms with E-state index >= 15 is 0 Å². The van der Waals surface area contributed by atoms with Gasteiger partial charge in [-0.15, -0.1) is 0 Å². The maximum atomic E-state index is 12.0. The number of hydrogen-bond donors (Lipinski definition) is 2. The number of primary amides is 1. The summed E-state index contributed by atoms with van der Waals surface area (Å²) in [6.07, 6.45) is 6.41. The molecule has 0 spiro atoms. The minimum Gasteiger partial charge on any atom is -0.368 e. The van der Waals surface area contributed by atoms with Gasteiger partial charge in [0.25, 0.3) is 0 Å². The van der Waals surface area contributed by atoms with Gasteiger partial charge in [-0.2, -0.15) is 0 Å². The van der Waals surface area contributed by atoms with Crippen LogP contribution in [0.2, 0.25) is 0 Å². The van der Waals surface area contributed by atoms with Crippen molar-refractivity contribution in [1.82, 2.24) is 10.2 Å². The van der Waals surface area contributed by atoms with Gasteiger partial charge in [-0.3, -0.25) is 9.59 Å². The minimum atomic E-state index is -0.382. The third-order valence-corrected chi connectivity index (χ3v) is 3.80. The van der Waals surface area contributed by atoms with Gasteiger partial charge in [0, 0.05) is 12.6 Å². The first-order valence-electron chi connectivity index (χ1n) is 6.50. The molecule has 1 aliphatic carbocycles. The fraction of sp³-hybridized carbons (Fsp3) is 0.833. The third-order valence-electron chi connectivity index (χ3n) is 3.80. The van der Waals surface area contributed by atoms with E-state index in [0.717, 1.165) is 19.3 Å². The molecule has 0 aromatic carbocycles. The summed E-state index contributed by atoms with van der Waals surface area (Å²) in [7, 11) is 0. The summed E-state index contributed by atoms with van der Waals surface area (Å²) in [4.78, 5) is 24.8. The second-order valence-electron chi connectivity index (χ2n) is 5.01. The van der Waals surface area contributed by atoms with Gasteiger partial charge in [0.2, 0.25) is 11.8 Å². The molecule has 1 saturated carbocycles. The SMILES string of the molecule is NC(=O)C1CCCN1C(=O)CNC1CCCC1. The second-order valence-corrected chi connectivity index (χ2v) is 5.01. The summed E-state index contributed by atoms with van der Waals surface area (Å²) in [6, 6.07) is 0.0986. The van der Waals surface area contributed by atoms with Crippen molar-refractivity contribution >= 4 is 11.8 Å². The number of rotatable bonds is 4. The first-order chi connectivity index (χ1) is 8.18. The monoisotopic (exact) mass is 239 g/mol. The number of hydrogen-bond acceptors (Lipinski definition) is 3. The van der Waals surface area contributed by atoms with Crippen LogP contribution in [-0.2, 0) is 9.59 Å². The molecule has 17 heavy (non-hydrogen) atoms. The molecular weight excluding hydrogens is 218 g/mol. The molecule has 2 aliphatic rings. The summed E-state index contributed by atoms with van der Waals surface area (Å²) in [5.74, 6) is -0.366. The molecule has 2 fully saturated rings. The number of carbonyl (C=O) groups is 2. The van der Waals surface area contributed by atoms with Gasteiger partial charge in [0.1, 0.15) is 6.04 Å². The average molecular weight is 239 g/mol. The highest BCUT2D eigenvalue weighted by molar-refractivity contribution is 5.88. The molecule has 5 nitrogen and oxygen atoms in total. The Hall–Kier alpha value is -1.10. The van der Waals surface area contributed by atoms with E-state index in [0.29, 0.717) is 25.6 Å². The van der Waals surface area contributed by atoms with E-state index in [1.807, 2.05) is 0 Å². The molecular formula is C12H21N3O2. The van der Waals surface area contributed by atoms with Crippen LogP contribution in [0, 0.1) is 0 Å². The summed E-state index contributed by atoms with van der Waals surface area (Å²) in [6.45, 7) is 1.01. The number of carbonyl (C=O) groups excluding carboxylic acids is 2. The molecule has 0 radical (unpaired) electrons. The van der Waals surface area contributed by atoms with Crippen molar-refractivity contribution in [2.24, 2.45) is 5.73 Å². The maximum absolute atomic E-state index is 12.0. The zero-order valence-electron chi connectivity index (χ0n) is 10.2. The molecule has 2 rings (SSSR count). The van der Waals surface area contributed by atoms with Crippen molar-refractivity contribution in [3.05, 3.63) is 0 Å². The summed E-state index contributed by atoms with van der Waals surface area (Å²) < 4.78 is 0. The van der Waals surface area contributed by atoms with Crippen molar-refractivity contribution in [3.8, 4) is 0 Å². The summed E-state index contributed by atoms with van der Waals surface area (Å²) in [5.41, 5.74) is 5.29. The molecule has 5 heteroatoms. The van der Waals surface area contributed by atoms with E-state index in [4.69, 9.17) is 5.73 Å². The first kappa shape index (κ1) is 12.4. The van der Waals surface area contributed by atoms with Crippen molar-refractivity contribution in [1.29, 1.82) is 0 Å². The first-order valence-corrected chi connectivity index (χ1v) is 6.50. The lowest BCUT2D eigenvalue weighted by Crippen LogP contribution is -2.47. The Morgan fingerprint density at radius 3 is 2.53 bits per heavy atom. The van der Waals surface area contributed by atoms with Gasteiger partial charge in [-0.1, -0.05) is 12.8 Å². The van der Waals surface area contributed by atoms with Crippen LogP contribution in [-0.4, -0.2) is 41.9 Å². The van der Waals surface area contributed by atoms with Crippen LogP contribution in [0.3, 0.4) is 0 Å². The Labute approximate surface area is 102 Å². The molecule has 1 saturated heterocycles. The predicted molar refractivity (Wildman–Crippen MR) is 64.2 cm³/mol. The lowest BCUT2D eigenvalue weighted by atomic mass is 10.2. The van der Waals surface area contributed by atoms with Gasteiger partial charge in [0.15, 0.2) is 0 Å². The van der Waals surface area contributed by atoms with Crippen LogP contribution in [0.25, 0.3) is 0 Å². The predicted octanol–water partition coefficient (Wildman–Crippen LogP) is -0.00510. The van der Waals surface area contributed by atoms with Crippen molar-refractivity contribution in [2.75, 3.05) is 13.1 Å². The van der Waals surface area contributed by atoms with Crippen molar-refractivity contribution in [2.45, 2.75) is 50.6 Å². The molecule has 1 heterocycles.